The lowest BCUT2D eigenvalue weighted by Gasteiger charge is -2.36. The fourth-order valence-electron chi connectivity index (χ4n) is 3.95. The van der Waals surface area contributed by atoms with Crippen LogP contribution in [0.25, 0.3) is 0 Å². The molecule has 6 nitrogen and oxygen atoms in total. The molecule has 0 aliphatic carbocycles. The van der Waals surface area contributed by atoms with Crippen molar-refractivity contribution >= 4 is 34.9 Å². The number of methoxy groups -OCH3 is 1. The number of urea groups is 1. The predicted octanol–water partition coefficient (Wildman–Crippen LogP) is 5.74. The molecule has 3 aromatic rings. The quantitative estimate of drug-likeness (QED) is 0.507. The van der Waals surface area contributed by atoms with Crippen molar-refractivity contribution in [2.75, 3.05) is 30.4 Å². The minimum atomic E-state index is -0.263. The summed E-state index contributed by atoms with van der Waals surface area (Å²) in [5.74, 6) is 0.343. The van der Waals surface area contributed by atoms with Gasteiger partial charge in [0.1, 0.15) is 5.75 Å². The molecule has 1 aliphatic rings. The van der Waals surface area contributed by atoms with Crippen LogP contribution in [0.1, 0.15) is 27.9 Å². The lowest BCUT2D eigenvalue weighted by Crippen LogP contribution is -2.49. The normalized spacial score (nSPS) is 13.7. The molecule has 1 fully saturated rings. The molecule has 3 amide bonds. The number of aryl methyl sites for hydroxylation is 1. The second kappa shape index (κ2) is 9.96. The molecule has 1 saturated heterocycles. The molecule has 0 atom stereocenters. The fraction of sp³-hybridized carbons (Fsp3) is 0.231. The molecule has 0 aromatic heterocycles. The highest BCUT2D eigenvalue weighted by Crippen LogP contribution is 2.31. The Balaban J connectivity index is 1.58. The van der Waals surface area contributed by atoms with E-state index in [4.69, 9.17) is 16.3 Å². The molecule has 4 rings (SSSR count). The maximum absolute atomic E-state index is 13.4. The van der Waals surface area contributed by atoms with Gasteiger partial charge in [0, 0.05) is 30.2 Å². The number of hydrogen-bond donors (Lipinski definition) is 1. The number of nitrogens with one attached hydrogen (secondary N) is 1. The zero-order valence-electron chi connectivity index (χ0n) is 18.7. The lowest BCUT2D eigenvalue weighted by atomic mass is 10.1. The van der Waals surface area contributed by atoms with Gasteiger partial charge in [0.15, 0.2) is 0 Å². The number of hydrogen-bond acceptors (Lipinski definition) is 3. The van der Waals surface area contributed by atoms with Crippen LogP contribution < -0.4 is 15.0 Å². The first-order chi connectivity index (χ1) is 15.9. The van der Waals surface area contributed by atoms with Gasteiger partial charge in [0.2, 0.25) is 0 Å². The molecule has 0 unspecified atom stereocenters. The van der Waals surface area contributed by atoms with Crippen LogP contribution in [0.3, 0.4) is 0 Å². The summed E-state index contributed by atoms with van der Waals surface area (Å²) >= 11 is 6.12. The second-order valence-electron chi connectivity index (χ2n) is 8.05. The van der Waals surface area contributed by atoms with Crippen molar-refractivity contribution in [3.63, 3.8) is 0 Å². The Hall–Kier alpha value is -3.51. The van der Waals surface area contributed by atoms with Gasteiger partial charge in [-0.05, 0) is 66.9 Å². The number of carbonyl (C=O) groups is 2. The van der Waals surface area contributed by atoms with Crippen molar-refractivity contribution in [1.82, 2.24) is 4.90 Å². The maximum Gasteiger partial charge on any atom is 0.324 e. The van der Waals surface area contributed by atoms with Crippen LogP contribution in [0.5, 0.6) is 5.75 Å². The highest BCUT2D eigenvalue weighted by atomic mass is 35.5. The fourth-order valence-corrected chi connectivity index (χ4v) is 4.16. The molecule has 0 bridgehead atoms. The average Bonchev–Trinajstić information content (AvgIpc) is 2.81. The number of amides is 3. The van der Waals surface area contributed by atoms with Gasteiger partial charge >= 0.3 is 6.03 Å². The molecule has 0 radical (unpaired) electrons. The van der Waals surface area contributed by atoms with E-state index in [-0.39, 0.29) is 11.9 Å². The van der Waals surface area contributed by atoms with E-state index in [9.17, 15) is 9.59 Å². The van der Waals surface area contributed by atoms with Crippen LogP contribution >= 0.6 is 11.6 Å². The number of benzene rings is 3. The smallest absolute Gasteiger partial charge is 0.324 e. The third-order valence-electron chi connectivity index (χ3n) is 5.60. The summed E-state index contributed by atoms with van der Waals surface area (Å²) in [7, 11) is 1.56. The lowest BCUT2D eigenvalue weighted by molar-refractivity contribution is 0.102. The Morgan fingerprint density at radius 2 is 1.88 bits per heavy atom. The Labute approximate surface area is 198 Å². The van der Waals surface area contributed by atoms with E-state index in [1.807, 2.05) is 54.3 Å². The number of ether oxygens (including phenoxy) is 1. The van der Waals surface area contributed by atoms with Crippen molar-refractivity contribution in [3.8, 4) is 5.75 Å². The van der Waals surface area contributed by atoms with Gasteiger partial charge in [0.05, 0.1) is 18.5 Å². The van der Waals surface area contributed by atoms with Gasteiger partial charge in [-0.2, -0.15) is 0 Å². The topological polar surface area (TPSA) is 61.9 Å². The molecule has 0 saturated carbocycles. The minimum Gasteiger partial charge on any atom is -0.497 e. The first kappa shape index (κ1) is 22.7. The van der Waals surface area contributed by atoms with E-state index >= 15 is 0 Å². The molecule has 33 heavy (non-hydrogen) atoms. The summed E-state index contributed by atoms with van der Waals surface area (Å²) < 4.78 is 5.23. The number of rotatable bonds is 6. The van der Waals surface area contributed by atoms with Crippen LogP contribution in [0.2, 0.25) is 5.02 Å². The highest BCUT2D eigenvalue weighted by Gasteiger charge is 2.29. The first-order valence-electron chi connectivity index (χ1n) is 10.8. The minimum absolute atomic E-state index is 0.0954. The number of carbonyl (C=O) groups excluding carboxylic acids is 2. The number of halogens is 1. The van der Waals surface area contributed by atoms with Gasteiger partial charge in [-0.3, -0.25) is 9.69 Å². The highest BCUT2D eigenvalue weighted by molar-refractivity contribution is 6.30. The molecule has 170 valence electrons. The third-order valence-corrected chi connectivity index (χ3v) is 5.83. The Morgan fingerprint density at radius 3 is 2.67 bits per heavy atom. The Kier molecular flexibility index (Phi) is 6.84. The zero-order chi connectivity index (χ0) is 23.4. The van der Waals surface area contributed by atoms with E-state index in [1.54, 1.807) is 36.3 Å². The van der Waals surface area contributed by atoms with Gasteiger partial charge in [-0.1, -0.05) is 35.9 Å². The van der Waals surface area contributed by atoms with Crippen LogP contribution in [-0.2, 0) is 6.54 Å². The number of nitrogens with zero attached hydrogens (tertiary/aromatic N) is 2. The van der Waals surface area contributed by atoms with Gasteiger partial charge in [-0.25, -0.2) is 4.79 Å². The summed E-state index contributed by atoms with van der Waals surface area (Å²) in [5, 5.41) is 3.63. The molecule has 1 aliphatic heterocycles. The van der Waals surface area contributed by atoms with Crippen molar-refractivity contribution in [1.29, 1.82) is 0 Å². The van der Waals surface area contributed by atoms with E-state index in [0.29, 0.717) is 47.3 Å². The van der Waals surface area contributed by atoms with Crippen molar-refractivity contribution in [2.24, 2.45) is 0 Å². The maximum atomic E-state index is 13.4. The van der Waals surface area contributed by atoms with Crippen molar-refractivity contribution < 1.29 is 14.3 Å². The average molecular weight is 464 g/mol. The molecule has 0 spiro atoms. The van der Waals surface area contributed by atoms with Crippen LogP contribution in [0.4, 0.5) is 16.2 Å². The van der Waals surface area contributed by atoms with E-state index in [0.717, 1.165) is 17.5 Å². The summed E-state index contributed by atoms with van der Waals surface area (Å²) in [4.78, 5) is 29.9. The van der Waals surface area contributed by atoms with E-state index < -0.39 is 0 Å². The molecular weight excluding hydrogens is 438 g/mol. The van der Waals surface area contributed by atoms with Crippen molar-refractivity contribution in [2.45, 2.75) is 19.9 Å². The van der Waals surface area contributed by atoms with Gasteiger partial charge < -0.3 is 15.0 Å². The van der Waals surface area contributed by atoms with Crippen LogP contribution in [0.15, 0.2) is 66.7 Å². The molecule has 3 aromatic carbocycles. The first-order valence-corrected chi connectivity index (χ1v) is 11.2. The molecule has 7 heteroatoms. The predicted molar refractivity (Wildman–Crippen MR) is 131 cm³/mol. The Morgan fingerprint density at radius 1 is 1.06 bits per heavy atom. The standard InChI is InChI=1S/C26H26ClN3O3/c1-18-10-11-24(23(14-18)28-25(31)20-7-4-9-22(16-20)33-2)30-13-5-12-29(26(30)32)17-19-6-3-8-21(27)15-19/h3-4,6-11,14-16H,5,12-13,17H2,1-2H3,(H,28,31). The molecule has 1 N–H and O–H groups in total. The summed E-state index contributed by atoms with van der Waals surface area (Å²) in [6, 6.07) is 20.1. The monoisotopic (exact) mass is 463 g/mol. The van der Waals surface area contributed by atoms with Crippen LogP contribution in [-0.4, -0.2) is 37.0 Å². The van der Waals surface area contributed by atoms with E-state index in [1.165, 1.54) is 0 Å². The summed E-state index contributed by atoms with van der Waals surface area (Å²) in [5.41, 5.74) is 3.72. The zero-order valence-corrected chi connectivity index (χ0v) is 19.4. The molecule has 1 heterocycles. The van der Waals surface area contributed by atoms with Crippen molar-refractivity contribution in [3.05, 3.63) is 88.4 Å². The third kappa shape index (κ3) is 5.29. The van der Waals surface area contributed by atoms with Gasteiger partial charge in [0.25, 0.3) is 5.91 Å². The second-order valence-corrected chi connectivity index (χ2v) is 8.48. The summed E-state index contributed by atoms with van der Waals surface area (Å²) in [6.07, 6.45) is 0.823. The van der Waals surface area contributed by atoms with Crippen LogP contribution in [0, 0.1) is 6.92 Å². The molecular formula is C26H26ClN3O3. The summed E-state index contributed by atoms with van der Waals surface area (Å²) in [6.45, 7) is 3.68. The number of anilines is 2. The van der Waals surface area contributed by atoms with Gasteiger partial charge in [-0.15, -0.1) is 0 Å². The largest absolute Gasteiger partial charge is 0.497 e. The Bertz CT molecular complexity index is 1180. The SMILES string of the molecule is COc1cccc(C(=O)Nc2cc(C)ccc2N2CCCN(Cc3cccc(Cl)c3)C2=O)c1. The van der Waals surface area contributed by atoms with E-state index in [2.05, 4.69) is 5.32 Å².